The summed E-state index contributed by atoms with van der Waals surface area (Å²) in [5, 5.41) is 6.60. The summed E-state index contributed by atoms with van der Waals surface area (Å²) < 4.78 is 4.85. The Morgan fingerprint density at radius 3 is 2.14 bits per heavy atom. The van der Waals surface area contributed by atoms with E-state index in [1.165, 1.54) is 12.7 Å². The van der Waals surface area contributed by atoms with Gasteiger partial charge in [-0.25, -0.2) is 14.8 Å². The highest BCUT2D eigenvalue weighted by Crippen LogP contribution is 2.27. The van der Waals surface area contributed by atoms with E-state index < -0.39 is 5.97 Å². The van der Waals surface area contributed by atoms with Crippen molar-refractivity contribution < 1.29 is 9.53 Å². The Bertz CT molecular complexity index is 1010. The maximum Gasteiger partial charge on any atom is 0.339 e. The first-order valence-corrected chi connectivity index (χ1v) is 9.02. The van der Waals surface area contributed by atoms with Gasteiger partial charge in [0.2, 0.25) is 0 Å². The Morgan fingerprint density at radius 2 is 1.50 bits per heavy atom. The van der Waals surface area contributed by atoms with E-state index in [-0.39, 0.29) is 0 Å². The van der Waals surface area contributed by atoms with Crippen LogP contribution in [0.1, 0.15) is 32.9 Å². The molecule has 0 fully saturated rings. The van der Waals surface area contributed by atoms with Crippen molar-refractivity contribution in [3.8, 4) is 0 Å². The first kappa shape index (κ1) is 19.4. The third-order valence-electron chi connectivity index (χ3n) is 4.36. The van der Waals surface area contributed by atoms with Gasteiger partial charge in [-0.1, -0.05) is 29.8 Å². The average molecular weight is 376 g/mol. The molecule has 3 aromatic rings. The van der Waals surface area contributed by atoms with Crippen LogP contribution in [0.4, 0.5) is 23.0 Å². The first-order valence-electron chi connectivity index (χ1n) is 9.02. The molecule has 0 unspecified atom stereocenters. The van der Waals surface area contributed by atoms with Gasteiger partial charge in [0.25, 0.3) is 0 Å². The monoisotopic (exact) mass is 376 g/mol. The van der Waals surface area contributed by atoms with Crippen molar-refractivity contribution in [1.82, 2.24) is 9.97 Å². The predicted molar refractivity (Wildman–Crippen MR) is 112 cm³/mol. The highest BCUT2D eigenvalue weighted by atomic mass is 16.5. The Hall–Kier alpha value is -3.41. The number of ether oxygens (including phenoxy) is 1. The van der Waals surface area contributed by atoms with Crippen molar-refractivity contribution in [2.24, 2.45) is 0 Å². The SMILES string of the molecule is COC(=O)c1ccccc1Nc1cc(Nc2c(C)cc(C)cc2C)nc(C)n1. The van der Waals surface area contributed by atoms with Crippen molar-refractivity contribution >= 4 is 29.0 Å². The van der Waals surface area contributed by atoms with Gasteiger partial charge in [-0.05, 0) is 51.0 Å². The summed E-state index contributed by atoms with van der Waals surface area (Å²) in [5.41, 5.74) is 5.63. The maximum absolute atomic E-state index is 12.0. The molecule has 6 nitrogen and oxygen atoms in total. The molecular weight excluding hydrogens is 352 g/mol. The molecule has 28 heavy (non-hydrogen) atoms. The quantitative estimate of drug-likeness (QED) is 0.611. The van der Waals surface area contributed by atoms with Crippen molar-refractivity contribution in [3.05, 3.63) is 70.5 Å². The van der Waals surface area contributed by atoms with Gasteiger partial charge in [0.1, 0.15) is 17.5 Å². The van der Waals surface area contributed by atoms with Crippen LogP contribution in [-0.4, -0.2) is 23.0 Å². The number of benzene rings is 2. The molecule has 0 aliphatic carbocycles. The molecule has 1 aromatic heterocycles. The van der Waals surface area contributed by atoms with Crippen molar-refractivity contribution in [2.45, 2.75) is 27.7 Å². The van der Waals surface area contributed by atoms with Crippen LogP contribution in [-0.2, 0) is 4.74 Å². The number of aromatic nitrogens is 2. The number of anilines is 4. The Kier molecular flexibility index (Phi) is 5.59. The van der Waals surface area contributed by atoms with Crippen LogP contribution in [0.2, 0.25) is 0 Å². The number of methoxy groups -OCH3 is 1. The molecule has 0 bridgehead atoms. The lowest BCUT2D eigenvalue weighted by Gasteiger charge is -2.15. The molecule has 0 aliphatic rings. The number of esters is 1. The second-order valence-corrected chi connectivity index (χ2v) is 6.75. The topological polar surface area (TPSA) is 76.1 Å². The molecule has 6 heteroatoms. The van der Waals surface area contributed by atoms with Crippen molar-refractivity contribution in [2.75, 3.05) is 17.7 Å². The van der Waals surface area contributed by atoms with E-state index >= 15 is 0 Å². The molecule has 144 valence electrons. The molecule has 0 saturated heterocycles. The molecule has 0 saturated carbocycles. The maximum atomic E-state index is 12.0. The lowest BCUT2D eigenvalue weighted by atomic mass is 10.1. The highest BCUT2D eigenvalue weighted by Gasteiger charge is 2.13. The van der Waals surface area contributed by atoms with Gasteiger partial charge in [0.15, 0.2) is 0 Å². The Balaban J connectivity index is 1.93. The van der Waals surface area contributed by atoms with Crippen LogP contribution in [0.3, 0.4) is 0 Å². The third kappa shape index (κ3) is 4.28. The largest absolute Gasteiger partial charge is 0.465 e. The summed E-state index contributed by atoms with van der Waals surface area (Å²) in [6.07, 6.45) is 0. The molecule has 0 radical (unpaired) electrons. The summed E-state index contributed by atoms with van der Waals surface area (Å²) in [6.45, 7) is 8.06. The van der Waals surface area contributed by atoms with Crippen LogP contribution in [0.5, 0.6) is 0 Å². The minimum Gasteiger partial charge on any atom is -0.465 e. The number of nitrogens with one attached hydrogen (secondary N) is 2. The lowest BCUT2D eigenvalue weighted by Crippen LogP contribution is -2.07. The fraction of sp³-hybridized carbons (Fsp3) is 0.227. The number of hydrogen-bond donors (Lipinski definition) is 2. The van der Waals surface area contributed by atoms with Gasteiger partial charge in [-0.3, -0.25) is 0 Å². The Labute approximate surface area is 165 Å². The van der Waals surface area contributed by atoms with E-state index in [0.717, 1.165) is 16.8 Å². The number of para-hydroxylation sites is 1. The van der Waals surface area contributed by atoms with Crippen LogP contribution < -0.4 is 10.6 Å². The molecule has 2 N–H and O–H groups in total. The summed E-state index contributed by atoms with van der Waals surface area (Å²) in [5.74, 6) is 1.48. The van der Waals surface area contributed by atoms with Gasteiger partial charge in [0.05, 0.1) is 18.4 Å². The molecule has 3 rings (SSSR count). The van der Waals surface area contributed by atoms with E-state index in [1.54, 1.807) is 12.1 Å². The average Bonchev–Trinajstić information content (AvgIpc) is 2.64. The van der Waals surface area contributed by atoms with Gasteiger partial charge in [0, 0.05) is 11.8 Å². The van der Waals surface area contributed by atoms with Crippen LogP contribution in [0.25, 0.3) is 0 Å². The summed E-state index contributed by atoms with van der Waals surface area (Å²) in [6, 6.07) is 13.2. The molecular formula is C22H24N4O2. The van der Waals surface area contributed by atoms with Gasteiger partial charge < -0.3 is 15.4 Å². The van der Waals surface area contributed by atoms with Crippen LogP contribution in [0.15, 0.2) is 42.5 Å². The summed E-state index contributed by atoms with van der Waals surface area (Å²) in [4.78, 5) is 20.9. The summed E-state index contributed by atoms with van der Waals surface area (Å²) in [7, 11) is 1.36. The summed E-state index contributed by atoms with van der Waals surface area (Å²) >= 11 is 0. The normalized spacial score (nSPS) is 10.5. The Morgan fingerprint density at radius 1 is 0.893 bits per heavy atom. The number of nitrogens with zero attached hydrogens (tertiary/aromatic N) is 2. The van der Waals surface area contributed by atoms with Crippen molar-refractivity contribution in [1.29, 1.82) is 0 Å². The van der Waals surface area contributed by atoms with Gasteiger partial charge in [-0.2, -0.15) is 0 Å². The predicted octanol–water partition coefficient (Wildman–Crippen LogP) is 4.98. The molecule has 0 spiro atoms. The number of rotatable bonds is 5. The van der Waals surface area contributed by atoms with E-state index in [9.17, 15) is 4.79 Å². The second kappa shape index (κ2) is 8.08. The highest BCUT2D eigenvalue weighted by molar-refractivity contribution is 5.96. The number of hydrogen-bond acceptors (Lipinski definition) is 6. The standard InChI is InChI=1S/C22H24N4O2/c1-13-10-14(2)21(15(3)11-13)26-20-12-19(23-16(4)24-20)25-18-9-7-6-8-17(18)22(27)28-5/h6-12H,1-5H3,(H2,23,24,25,26). The van der Waals surface area contributed by atoms with Crippen LogP contribution >= 0.6 is 0 Å². The van der Waals surface area contributed by atoms with Gasteiger partial charge in [-0.15, -0.1) is 0 Å². The number of aryl methyl sites for hydroxylation is 4. The zero-order valence-corrected chi connectivity index (χ0v) is 16.8. The van der Waals surface area contributed by atoms with Crippen LogP contribution in [0, 0.1) is 27.7 Å². The third-order valence-corrected chi connectivity index (χ3v) is 4.36. The zero-order chi connectivity index (χ0) is 20.3. The molecule has 1 heterocycles. The fourth-order valence-corrected chi connectivity index (χ4v) is 3.22. The second-order valence-electron chi connectivity index (χ2n) is 6.75. The van der Waals surface area contributed by atoms with E-state index in [4.69, 9.17) is 4.74 Å². The van der Waals surface area contributed by atoms with Crippen molar-refractivity contribution in [3.63, 3.8) is 0 Å². The molecule has 0 aliphatic heterocycles. The zero-order valence-electron chi connectivity index (χ0n) is 16.8. The minimum atomic E-state index is -0.405. The van der Waals surface area contributed by atoms with E-state index in [1.807, 2.05) is 25.1 Å². The van der Waals surface area contributed by atoms with E-state index in [0.29, 0.717) is 28.7 Å². The number of carbonyl (C=O) groups is 1. The van der Waals surface area contributed by atoms with Gasteiger partial charge >= 0.3 is 5.97 Å². The smallest absolute Gasteiger partial charge is 0.339 e. The molecule has 0 atom stereocenters. The minimum absolute atomic E-state index is 0.405. The fourth-order valence-electron chi connectivity index (χ4n) is 3.22. The number of carbonyl (C=O) groups excluding carboxylic acids is 1. The van der Waals surface area contributed by atoms with E-state index in [2.05, 4.69) is 53.5 Å². The molecule has 2 aromatic carbocycles. The lowest BCUT2D eigenvalue weighted by molar-refractivity contribution is 0.0602. The first-order chi connectivity index (χ1) is 13.4. The molecule has 0 amide bonds.